The monoisotopic (exact) mass is 196 g/mol. The van der Waals surface area contributed by atoms with Crippen LogP contribution in [0.2, 0.25) is 0 Å². The van der Waals surface area contributed by atoms with Crippen LogP contribution in [0, 0.1) is 5.41 Å². The molecule has 0 saturated heterocycles. The van der Waals surface area contributed by atoms with Crippen molar-refractivity contribution in [2.45, 2.75) is 31.9 Å². The van der Waals surface area contributed by atoms with Crippen molar-refractivity contribution in [3.05, 3.63) is 12.2 Å². The molecule has 0 aromatic carbocycles. The van der Waals surface area contributed by atoms with Gasteiger partial charge in [0.1, 0.15) is 11.9 Å². The summed E-state index contributed by atoms with van der Waals surface area (Å²) in [4.78, 5) is 0. The van der Waals surface area contributed by atoms with E-state index in [0.717, 1.165) is 0 Å². The molecule has 2 atom stereocenters. The fraction of sp³-hybridized carbons (Fsp3) is 0.778. The summed E-state index contributed by atoms with van der Waals surface area (Å²) in [6, 6.07) is 0.0178. The molecule has 3 N–H and O–H groups in total. The first-order chi connectivity index (χ1) is 6.39. The third kappa shape index (κ3) is 0.911. The van der Waals surface area contributed by atoms with Gasteiger partial charge in [0.05, 0.1) is 0 Å². The van der Waals surface area contributed by atoms with Crippen molar-refractivity contribution in [3.8, 4) is 0 Å². The van der Waals surface area contributed by atoms with Crippen LogP contribution >= 0.6 is 0 Å². The van der Waals surface area contributed by atoms with Gasteiger partial charge in [0, 0.05) is 18.5 Å². The maximum atomic E-state index is 10.4. The number of nitrogens with two attached hydrogens (primary N) is 1. The highest BCUT2D eigenvalue weighted by Gasteiger charge is 2.61. The van der Waals surface area contributed by atoms with Crippen molar-refractivity contribution < 1.29 is 5.11 Å². The van der Waals surface area contributed by atoms with Gasteiger partial charge in [-0.25, -0.2) is 0 Å². The smallest absolute Gasteiger partial charge is 0.165 e. The quantitative estimate of drug-likeness (QED) is 0.650. The zero-order valence-electron chi connectivity index (χ0n) is 8.73. The molecule has 1 aliphatic carbocycles. The Kier molecular flexibility index (Phi) is 1.75. The van der Waals surface area contributed by atoms with Crippen molar-refractivity contribution in [1.29, 1.82) is 0 Å². The number of hydrogen-bond acceptors (Lipinski definition) is 4. The summed E-state index contributed by atoms with van der Waals surface area (Å²) < 4.78 is 1.74. The molecule has 2 rings (SSSR count). The molecule has 0 bridgehead atoms. The van der Waals surface area contributed by atoms with Gasteiger partial charge < -0.3 is 15.4 Å². The average Bonchev–Trinajstić information content (AvgIpc) is 2.51. The highest BCUT2D eigenvalue weighted by Crippen LogP contribution is 2.54. The summed E-state index contributed by atoms with van der Waals surface area (Å²) in [6.07, 6.45) is 2.14. The number of rotatable bonds is 1. The second-order valence-electron chi connectivity index (χ2n) is 4.66. The normalized spacial score (nSPS) is 35.4. The molecule has 1 fully saturated rings. The third-order valence-electron chi connectivity index (χ3n) is 3.59. The molecular weight excluding hydrogens is 180 g/mol. The molecule has 1 aliphatic rings. The summed E-state index contributed by atoms with van der Waals surface area (Å²) in [5.74, 6) is 0.601. The van der Waals surface area contributed by atoms with Crippen LogP contribution in [0.3, 0.4) is 0 Å². The zero-order valence-corrected chi connectivity index (χ0v) is 8.73. The van der Waals surface area contributed by atoms with Crippen LogP contribution in [-0.4, -0.2) is 25.9 Å². The molecule has 5 nitrogen and oxygen atoms in total. The van der Waals surface area contributed by atoms with E-state index in [9.17, 15) is 5.11 Å². The van der Waals surface area contributed by atoms with Crippen LogP contribution in [0.15, 0.2) is 6.33 Å². The second-order valence-corrected chi connectivity index (χ2v) is 4.66. The van der Waals surface area contributed by atoms with Gasteiger partial charge in [-0.05, 0) is 6.42 Å². The molecule has 0 aliphatic heterocycles. The van der Waals surface area contributed by atoms with Crippen molar-refractivity contribution in [1.82, 2.24) is 14.8 Å². The lowest BCUT2D eigenvalue weighted by Gasteiger charge is -2.56. The van der Waals surface area contributed by atoms with E-state index in [1.807, 2.05) is 20.9 Å². The molecule has 78 valence electrons. The predicted octanol–water partition coefficient (Wildman–Crippen LogP) is -0.240. The first-order valence-electron chi connectivity index (χ1n) is 4.72. The number of aliphatic hydroxyl groups is 1. The van der Waals surface area contributed by atoms with E-state index in [-0.39, 0.29) is 11.5 Å². The molecule has 1 saturated carbocycles. The van der Waals surface area contributed by atoms with Gasteiger partial charge in [0.2, 0.25) is 0 Å². The zero-order chi connectivity index (χ0) is 10.6. The van der Waals surface area contributed by atoms with Crippen molar-refractivity contribution >= 4 is 0 Å². The van der Waals surface area contributed by atoms with E-state index < -0.39 is 5.60 Å². The predicted molar refractivity (Wildman–Crippen MR) is 51.3 cm³/mol. The van der Waals surface area contributed by atoms with E-state index in [4.69, 9.17) is 5.73 Å². The minimum Gasteiger partial charge on any atom is -0.381 e. The van der Waals surface area contributed by atoms with E-state index >= 15 is 0 Å². The van der Waals surface area contributed by atoms with E-state index in [0.29, 0.717) is 12.2 Å². The molecule has 0 radical (unpaired) electrons. The van der Waals surface area contributed by atoms with Gasteiger partial charge in [0.25, 0.3) is 0 Å². The Labute approximate surface area is 82.9 Å². The first kappa shape index (κ1) is 9.61. The van der Waals surface area contributed by atoms with Crippen LogP contribution in [0.25, 0.3) is 0 Å². The number of aryl methyl sites for hydroxylation is 1. The molecule has 1 heterocycles. The van der Waals surface area contributed by atoms with Gasteiger partial charge in [-0.2, -0.15) is 0 Å². The van der Waals surface area contributed by atoms with Crippen LogP contribution < -0.4 is 5.73 Å². The summed E-state index contributed by atoms with van der Waals surface area (Å²) in [5, 5.41) is 18.2. The lowest BCUT2D eigenvalue weighted by molar-refractivity contribution is -0.178. The summed E-state index contributed by atoms with van der Waals surface area (Å²) in [5.41, 5.74) is 4.60. The Bertz CT molecular complexity index is 359. The van der Waals surface area contributed by atoms with Gasteiger partial charge in [-0.15, -0.1) is 10.2 Å². The molecule has 1 aromatic rings. The van der Waals surface area contributed by atoms with Crippen LogP contribution in [-0.2, 0) is 12.6 Å². The van der Waals surface area contributed by atoms with Crippen molar-refractivity contribution in [2.75, 3.05) is 0 Å². The molecule has 0 amide bonds. The maximum Gasteiger partial charge on any atom is 0.165 e. The SMILES string of the molecule is Cn1cnnc1C1(O)CC(N)C1(C)C. The van der Waals surface area contributed by atoms with Crippen LogP contribution in [0.4, 0.5) is 0 Å². The fourth-order valence-electron chi connectivity index (χ4n) is 2.05. The molecule has 2 unspecified atom stereocenters. The maximum absolute atomic E-state index is 10.4. The number of hydrogen-bond donors (Lipinski definition) is 2. The molecule has 0 spiro atoms. The second kappa shape index (κ2) is 2.55. The summed E-state index contributed by atoms with van der Waals surface area (Å²) >= 11 is 0. The van der Waals surface area contributed by atoms with E-state index in [2.05, 4.69) is 10.2 Å². The average molecular weight is 196 g/mol. The van der Waals surface area contributed by atoms with Gasteiger partial charge in [-0.1, -0.05) is 13.8 Å². The standard InChI is InChI=1S/C9H16N4O/c1-8(2)6(10)4-9(8,14)7-12-11-5-13(7)3/h5-6,14H,4,10H2,1-3H3. The largest absolute Gasteiger partial charge is 0.381 e. The highest BCUT2D eigenvalue weighted by molar-refractivity contribution is 5.19. The van der Waals surface area contributed by atoms with E-state index in [1.165, 1.54) is 0 Å². The Balaban J connectivity index is 2.41. The first-order valence-corrected chi connectivity index (χ1v) is 4.72. The highest BCUT2D eigenvalue weighted by atomic mass is 16.3. The van der Waals surface area contributed by atoms with Crippen LogP contribution in [0.5, 0.6) is 0 Å². The minimum atomic E-state index is -0.933. The van der Waals surface area contributed by atoms with Crippen molar-refractivity contribution in [2.24, 2.45) is 18.2 Å². The summed E-state index contributed by atoms with van der Waals surface area (Å²) in [7, 11) is 1.83. The molecular formula is C9H16N4O. The van der Waals surface area contributed by atoms with Gasteiger partial charge in [0.15, 0.2) is 5.82 Å². The summed E-state index contributed by atoms with van der Waals surface area (Å²) in [6.45, 7) is 3.91. The fourth-order valence-corrected chi connectivity index (χ4v) is 2.05. The Hall–Kier alpha value is -0.940. The lowest BCUT2D eigenvalue weighted by Crippen LogP contribution is -2.65. The molecule has 5 heteroatoms. The minimum absolute atomic E-state index is 0.0178. The topological polar surface area (TPSA) is 77.0 Å². The Morgan fingerprint density at radius 2 is 2.29 bits per heavy atom. The van der Waals surface area contributed by atoms with Crippen molar-refractivity contribution in [3.63, 3.8) is 0 Å². The lowest BCUT2D eigenvalue weighted by atomic mass is 9.55. The Morgan fingerprint density at radius 1 is 1.64 bits per heavy atom. The van der Waals surface area contributed by atoms with Gasteiger partial charge in [-0.3, -0.25) is 0 Å². The Morgan fingerprint density at radius 3 is 2.64 bits per heavy atom. The number of aromatic nitrogens is 3. The molecule has 1 aromatic heterocycles. The van der Waals surface area contributed by atoms with Gasteiger partial charge >= 0.3 is 0 Å². The van der Waals surface area contributed by atoms with Crippen LogP contribution in [0.1, 0.15) is 26.1 Å². The number of nitrogens with zero attached hydrogens (tertiary/aromatic N) is 3. The van der Waals surface area contributed by atoms with E-state index in [1.54, 1.807) is 10.9 Å². The third-order valence-corrected chi connectivity index (χ3v) is 3.59. The molecule has 14 heavy (non-hydrogen) atoms.